The van der Waals surface area contributed by atoms with Crippen LogP contribution in [0.1, 0.15) is 5.56 Å². The molecule has 4 rings (SSSR count). The fraction of sp³-hybridized carbons (Fsp3) is 0.316. The van der Waals surface area contributed by atoms with E-state index in [1.807, 2.05) is 42.2 Å². The molecule has 0 saturated carbocycles. The Bertz CT molecular complexity index is 868. The van der Waals surface area contributed by atoms with Crippen LogP contribution in [0.5, 0.6) is 0 Å². The van der Waals surface area contributed by atoms with E-state index < -0.39 is 0 Å². The zero-order valence-corrected chi connectivity index (χ0v) is 15.5. The van der Waals surface area contributed by atoms with Gasteiger partial charge in [-0.25, -0.2) is 4.98 Å². The maximum Gasteiger partial charge on any atom is 0.155 e. The first-order valence-electron chi connectivity index (χ1n) is 8.71. The van der Waals surface area contributed by atoms with Gasteiger partial charge in [-0.3, -0.25) is 14.6 Å². The highest BCUT2D eigenvalue weighted by Gasteiger charge is 2.21. The third-order valence-electron chi connectivity index (χ3n) is 4.63. The molecule has 3 heterocycles. The number of rotatable bonds is 4. The lowest BCUT2D eigenvalue weighted by molar-refractivity contribution is 0.249. The summed E-state index contributed by atoms with van der Waals surface area (Å²) >= 11 is 6.01. The van der Waals surface area contributed by atoms with E-state index in [1.54, 1.807) is 12.4 Å². The van der Waals surface area contributed by atoms with Crippen molar-refractivity contribution >= 4 is 17.4 Å². The van der Waals surface area contributed by atoms with Crippen LogP contribution in [0.4, 0.5) is 5.82 Å². The molecule has 0 unspecified atom stereocenters. The van der Waals surface area contributed by atoms with Crippen LogP contribution in [0.2, 0.25) is 5.02 Å². The Kier molecular flexibility index (Phi) is 4.86. The molecular weight excluding hydrogens is 348 g/mol. The Hall–Kier alpha value is -2.44. The summed E-state index contributed by atoms with van der Waals surface area (Å²) in [4.78, 5) is 13.9. The average Bonchev–Trinajstić information content (AvgIpc) is 3.08. The van der Waals surface area contributed by atoms with Crippen LogP contribution in [-0.4, -0.2) is 50.8 Å². The SMILES string of the molecule is Cn1cc(CN2CCN(c3nccnc3-c3ccc(Cl)cc3)CC2)cn1. The predicted octanol–water partition coefficient (Wildman–Crippen LogP) is 2.85. The van der Waals surface area contributed by atoms with Crippen LogP contribution in [0.25, 0.3) is 11.3 Å². The molecule has 1 saturated heterocycles. The van der Waals surface area contributed by atoms with Crippen molar-refractivity contribution < 1.29 is 0 Å². The van der Waals surface area contributed by atoms with E-state index in [4.69, 9.17) is 11.6 Å². The van der Waals surface area contributed by atoms with Gasteiger partial charge in [-0.2, -0.15) is 5.10 Å². The minimum absolute atomic E-state index is 0.725. The summed E-state index contributed by atoms with van der Waals surface area (Å²) < 4.78 is 1.85. The van der Waals surface area contributed by atoms with Gasteiger partial charge in [0.25, 0.3) is 0 Å². The average molecular weight is 369 g/mol. The predicted molar refractivity (Wildman–Crippen MR) is 103 cm³/mol. The molecule has 1 aliphatic rings. The lowest BCUT2D eigenvalue weighted by Gasteiger charge is -2.35. The largest absolute Gasteiger partial charge is 0.352 e. The lowest BCUT2D eigenvalue weighted by atomic mass is 10.1. The third-order valence-corrected chi connectivity index (χ3v) is 4.88. The molecule has 7 heteroatoms. The molecule has 2 aromatic heterocycles. The lowest BCUT2D eigenvalue weighted by Crippen LogP contribution is -2.46. The maximum atomic E-state index is 6.01. The molecule has 0 bridgehead atoms. The summed E-state index contributed by atoms with van der Waals surface area (Å²) in [5.41, 5.74) is 3.20. The molecule has 6 nitrogen and oxygen atoms in total. The Morgan fingerprint density at radius 3 is 2.42 bits per heavy atom. The Morgan fingerprint density at radius 2 is 1.73 bits per heavy atom. The van der Waals surface area contributed by atoms with Crippen molar-refractivity contribution in [3.8, 4) is 11.3 Å². The fourth-order valence-corrected chi connectivity index (χ4v) is 3.43. The van der Waals surface area contributed by atoms with Crippen LogP contribution in [0, 0.1) is 0 Å². The van der Waals surface area contributed by atoms with Crippen molar-refractivity contribution in [2.75, 3.05) is 31.1 Å². The van der Waals surface area contributed by atoms with Gasteiger partial charge in [-0.15, -0.1) is 0 Å². The smallest absolute Gasteiger partial charge is 0.155 e. The minimum Gasteiger partial charge on any atom is -0.352 e. The minimum atomic E-state index is 0.725. The molecule has 3 aromatic rings. The molecule has 134 valence electrons. The van der Waals surface area contributed by atoms with Crippen LogP contribution in [-0.2, 0) is 13.6 Å². The molecule has 26 heavy (non-hydrogen) atoms. The standard InChI is InChI=1S/C19H21ClN6/c1-24-13-15(12-23-24)14-25-8-10-26(11-9-25)19-18(21-6-7-22-19)16-2-4-17(20)5-3-16/h2-7,12-13H,8-11,14H2,1H3. The highest BCUT2D eigenvalue weighted by atomic mass is 35.5. The second-order valence-corrected chi connectivity index (χ2v) is 6.96. The molecule has 0 spiro atoms. The quantitative estimate of drug-likeness (QED) is 0.708. The van der Waals surface area contributed by atoms with Crippen LogP contribution < -0.4 is 4.90 Å². The third kappa shape index (κ3) is 3.71. The first-order chi connectivity index (χ1) is 12.7. The summed E-state index contributed by atoms with van der Waals surface area (Å²) in [5, 5.41) is 4.97. The van der Waals surface area contributed by atoms with Gasteiger partial charge in [-0.1, -0.05) is 23.7 Å². The number of hydrogen-bond acceptors (Lipinski definition) is 5. The van der Waals surface area contributed by atoms with Gasteiger partial charge in [0.05, 0.1) is 6.20 Å². The Balaban J connectivity index is 1.47. The molecule has 1 aliphatic heterocycles. The second-order valence-electron chi connectivity index (χ2n) is 6.52. The van der Waals surface area contributed by atoms with Gasteiger partial charge in [0.1, 0.15) is 5.69 Å². The molecule has 0 aliphatic carbocycles. The molecule has 1 aromatic carbocycles. The molecule has 0 amide bonds. The van der Waals surface area contributed by atoms with E-state index >= 15 is 0 Å². The Labute approximate surface area is 158 Å². The molecule has 0 atom stereocenters. The first-order valence-corrected chi connectivity index (χ1v) is 9.08. The number of nitrogens with zero attached hydrogens (tertiary/aromatic N) is 6. The van der Waals surface area contributed by atoms with Crippen LogP contribution in [0.15, 0.2) is 49.1 Å². The number of aryl methyl sites for hydroxylation is 1. The van der Waals surface area contributed by atoms with Crippen molar-refractivity contribution in [1.29, 1.82) is 0 Å². The number of aromatic nitrogens is 4. The molecule has 1 fully saturated rings. The van der Waals surface area contributed by atoms with Crippen LogP contribution >= 0.6 is 11.6 Å². The maximum absolute atomic E-state index is 6.01. The van der Waals surface area contributed by atoms with Crippen LogP contribution in [0.3, 0.4) is 0 Å². The number of benzene rings is 1. The van der Waals surface area contributed by atoms with Gasteiger partial charge >= 0.3 is 0 Å². The summed E-state index contributed by atoms with van der Waals surface area (Å²) in [6, 6.07) is 7.77. The van der Waals surface area contributed by atoms with E-state index in [1.165, 1.54) is 5.56 Å². The van der Waals surface area contributed by atoms with Gasteiger partial charge in [0.15, 0.2) is 5.82 Å². The molecular formula is C19H21ClN6. The van der Waals surface area contributed by atoms with E-state index in [-0.39, 0.29) is 0 Å². The van der Waals surface area contributed by atoms with E-state index in [0.717, 1.165) is 54.8 Å². The van der Waals surface area contributed by atoms with Crippen molar-refractivity contribution in [3.05, 3.63) is 59.6 Å². The second kappa shape index (κ2) is 7.43. The van der Waals surface area contributed by atoms with Gasteiger partial charge in [0, 0.05) is 74.5 Å². The Morgan fingerprint density at radius 1 is 1.00 bits per heavy atom. The molecule has 0 N–H and O–H groups in total. The van der Waals surface area contributed by atoms with Crippen molar-refractivity contribution in [2.24, 2.45) is 7.05 Å². The fourth-order valence-electron chi connectivity index (χ4n) is 3.30. The van der Waals surface area contributed by atoms with E-state index in [2.05, 4.69) is 31.1 Å². The van der Waals surface area contributed by atoms with E-state index in [0.29, 0.717) is 0 Å². The monoisotopic (exact) mass is 368 g/mol. The highest BCUT2D eigenvalue weighted by Crippen LogP contribution is 2.28. The summed E-state index contributed by atoms with van der Waals surface area (Å²) in [6.45, 7) is 4.78. The van der Waals surface area contributed by atoms with Crippen molar-refractivity contribution in [2.45, 2.75) is 6.54 Å². The number of piperazine rings is 1. The number of hydrogen-bond donors (Lipinski definition) is 0. The number of halogens is 1. The van der Waals surface area contributed by atoms with Gasteiger partial charge in [-0.05, 0) is 12.1 Å². The zero-order chi connectivity index (χ0) is 17.9. The summed E-state index contributed by atoms with van der Waals surface area (Å²) in [6.07, 6.45) is 7.52. The van der Waals surface area contributed by atoms with Gasteiger partial charge < -0.3 is 4.90 Å². The summed E-state index contributed by atoms with van der Waals surface area (Å²) in [7, 11) is 1.95. The van der Waals surface area contributed by atoms with Gasteiger partial charge in [0.2, 0.25) is 0 Å². The number of anilines is 1. The molecule has 0 radical (unpaired) electrons. The normalized spacial score (nSPS) is 15.4. The topological polar surface area (TPSA) is 50.1 Å². The zero-order valence-electron chi connectivity index (χ0n) is 14.7. The first kappa shape index (κ1) is 17.0. The van der Waals surface area contributed by atoms with Crippen molar-refractivity contribution in [3.63, 3.8) is 0 Å². The van der Waals surface area contributed by atoms with Crippen molar-refractivity contribution in [1.82, 2.24) is 24.6 Å². The summed E-state index contributed by atoms with van der Waals surface area (Å²) in [5.74, 6) is 0.941. The van der Waals surface area contributed by atoms with E-state index in [9.17, 15) is 0 Å². The highest BCUT2D eigenvalue weighted by molar-refractivity contribution is 6.30.